The molecular formula is C8H9N3O3. The molecule has 1 rings (SSSR count). The Bertz CT molecular complexity index is 367. The predicted octanol–water partition coefficient (Wildman–Crippen LogP) is -0.962. The van der Waals surface area contributed by atoms with Crippen molar-refractivity contribution in [2.45, 2.75) is 12.5 Å². The Kier molecular flexibility index (Phi) is 2.42. The third-order valence-corrected chi connectivity index (χ3v) is 2.15. The molecule has 1 aliphatic rings. The fourth-order valence-electron chi connectivity index (χ4n) is 1.24. The van der Waals surface area contributed by atoms with Crippen molar-refractivity contribution in [3.05, 3.63) is 11.3 Å². The van der Waals surface area contributed by atoms with Crippen molar-refractivity contribution < 1.29 is 14.7 Å². The number of carboxylic acids is 1. The lowest BCUT2D eigenvalue weighted by Crippen LogP contribution is -2.44. The number of hydrogen-bond acceptors (Lipinski definition) is 4. The second-order valence-corrected chi connectivity index (χ2v) is 2.96. The summed E-state index contributed by atoms with van der Waals surface area (Å²) in [7, 11) is 1.42. The van der Waals surface area contributed by atoms with E-state index in [2.05, 4.69) is 0 Å². The number of likely N-dealkylation sites (N-methyl/N-ethyl adjacent to an activating group) is 1. The Hall–Kier alpha value is -2.03. The summed E-state index contributed by atoms with van der Waals surface area (Å²) in [6.07, 6.45) is -0.0279. The highest BCUT2D eigenvalue weighted by Crippen LogP contribution is 2.20. The number of amides is 1. The first-order valence-corrected chi connectivity index (χ1v) is 3.87. The minimum Gasteiger partial charge on any atom is -0.478 e. The standard InChI is InChI=1S/C8H9N3O3/c1-11-4(3-9)2-5(8(13)14)6(10)7(11)12/h4H,2,10H2,1H3,(H,13,14). The molecule has 1 unspecified atom stereocenters. The highest BCUT2D eigenvalue weighted by atomic mass is 16.4. The third-order valence-electron chi connectivity index (χ3n) is 2.15. The number of rotatable bonds is 1. The van der Waals surface area contributed by atoms with Crippen molar-refractivity contribution in [3.63, 3.8) is 0 Å². The molecule has 1 heterocycles. The molecule has 6 nitrogen and oxygen atoms in total. The molecule has 0 spiro atoms. The van der Waals surface area contributed by atoms with E-state index < -0.39 is 17.9 Å². The number of carbonyl (C=O) groups is 2. The summed E-state index contributed by atoms with van der Waals surface area (Å²) in [6, 6.07) is 1.09. The van der Waals surface area contributed by atoms with Gasteiger partial charge in [-0.1, -0.05) is 0 Å². The number of nitrogens with zero attached hydrogens (tertiary/aromatic N) is 2. The van der Waals surface area contributed by atoms with Gasteiger partial charge in [-0.2, -0.15) is 5.26 Å². The molecule has 0 saturated carbocycles. The van der Waals surface area contributed by atoms with Crippen LogP contribution in [0.25, 0.3) is 0 Å². The maximum Gasteiger partial charge on any atom is 0.333 e. The van der Waals surface area contributed by atoms with Crippen LogP contribution >= 0.6 is 0 Å². The van der Waals surface area contributed by atoms with Crippen LogP contribution in [0.2, 0.25) is 0 Å². The van der Waals surface area contributed by atoms with Gasteiger partial charge in [0.25, 0.3) is 5.91 Å². The van der Waals surface area contributed by atoms with E-state index in [1.54, 1.807) is 0 Å². The fourth-order valence-corrected chi connectivity index (χ4v) is 1.24. The maximum absolute atomic E-state index is 11.3. The number of aliphatic carboxylic acids is 1. The highest BCUT2D eigenvalue weighted by molar-refractivity contribution is 6.03. The normalized spacial score (nSPS) is 22.1. The van der Waals surface area contributed by atoms with Crippen LogP contribution in [0.5, 0.6) is 0 Å². The lowest BCUT2D eigenvalue weighted by atomic mass is 9.99. The largest absolute Gasteiger partial charge is 0.478 e. The summed E-state index contributed by atoms with van der Waals surface area (Å²) in [4.78, 5) is 23.1. The Labute approximate surface area is 80.2 Å². The van der Waals surface area contributed by atoms with E-state index in [0.717, 1.165) is 4.90 Å². The van der Waals surface area contributed by atoms with Crippen LogP contribution in [-0.2, 0) is 9.59 Å². The van der Waals surface area contributed by atoms with Crippen LogP contribution in [0, 0.1) is 11.3 Å². The quantitative estimate of drug-likeness (QED) is 0.560. The van der Waals surface area contributed by atoms with Crippen LogP contribution in [0.4, 0.5) is 0 Å². The van der Waals surface area contributed by atoms with Gasteiger partial charge >= 0.3 is 5.97 Å². The van der Waals surface area contributed by atoms with Crippen LogP contribution in [0.15, 0.2) is 11.3 Å². The average Bonchev–Trinajstić information content (AvgIpc) is 2.14. The number of hydrogen-bond donors (Lipinski definition) is 2. The molecule has 3 N–H and O–H groups in total. The second kappa shape index (κ2) is 3.38. The van der Waals surface area contributed by atoms with Gasteiger partial charge in [0.15, 0.2) is 0 Å². The molecule has 14 heavy (non-hydrogen) atoms. The number of carbonyl (C=O) groups excluding carboxylic acids is 1. The van der Waals surface area contributed by atoms with Gasteiger partial charge in [0.05, 0.1) is 11.6 Å². The number of nitriles is 1. The average molecular weight is 195 g/mol. The summed E-state index contributed by atoms with van der Waals surface area (Å²) in [5.74, 6) is -1.86. The van der Waals surface area contributed by atoms with E-state index in [1.165, 1.54) is 7.05 Å². The smallest absolute Gasteiger partial charge is 0.333 e. The van der Waals surface area contributed by atoms with Gasteiger partial charge in [-0.3, -0.25) is 4.79 Å². The van der Waals surface area contributed by atoms with Gasteiger partial charge in [0, 0.05) is 13.5 Å². The molecule has 6 heteroatoms. The molecular weight excluding hydrogens is 186 g/mol. The van der Waals surface area contributed by atoms with E-state index in [-0.39, 0.29) is 17.7 Å². The first-order valence-electron chi connectivity index (χ1n) is 3.87. The molecule has 0 saturated heterocycles. The molecule has 1 atom stereocenters. The fraction of sp³-hybridized carbons (Fsp3) is 0.375. The van der Waals surface area contributed by atoms with Gasteiger partial charge in [-0.05, 0) is 0 Å². The van der Waals surface area contributed by atoms with E-state index in [4.69, 9.17) is 16.1 Å². The molecule has 0 fully saturated rings. The summed E-state index contributed by atoms with van der Waals surface area (Å²) >= 11 is 0. The maximum atomic E-state index is 11.3. The Morgan fingerprint density at radius 1 is 1.79 bits per heavy atom. The number of carboxylic acid groups (broad SMARTS) is 1. The van der Waals surface area contributed by atoms with Gasteiger partial charge < -0.3 is 15.7 Å². The van der Waals surface area contributed by atoms with Crippen molar-refractivity contribution in [2.24, 2.45) is 5.73 Å². The zero-order chi connectivity index (χ0) is 10.9. The summed E-state index contributed by atoms with van der Waals surface area (Å²) in [5.41, 5.74) is 4.86. The third kappa shape index (κ3) is 1.40. The SMILES string of the molecule is CN1C(=O)C(N)=C(C(=O)O)CC1C#N. The lowest BCUT2D eigenvalue weighted by molar-refractivity contribution is -0.135. The monoisotopic (exact) mass is 195 g/mol. The summed E-state index contributed by atoms with van der Waals surface area (Å²) in [5, 5.41) is 17.4. The summed E-state index contributed by atoms with van der Waals surface area (Å²) < 4.78 is 0. The molecule has 1 aliphatic heterocycles. The van der Waals surface area contributed by atoms with E-state index in [9.17, 15) is 9.59 Å². The zero-order valence-corrected chi connectivity index (χ0v) is 7.52. The summed E-state index contributed by atoms with van der Waals surface area (Å²) in [6.45, 7) is 0. The molecule has 0 aromatic carbocycles. The van der Waals surface area contributed by atoms with Crippen molar-refractivity contribution >= 4 is 11.9 Å². The topological polar surface area (TPSA) is 107 Å². The lowest BCUT2D eigenvalue weighted by Gasteiger charge is -2.28. The van der Waals surface area contributed by atoms with Crippen molar-refractivity contribution in [3.8, 4) is 6.07 Å². The minimum atomic E-state index is -1.25. The molecule has 74 valence electrons. The predicted molar refractivity (Wildman–Crippen MR) is 45.6 cm³/mol. The Balaban J connectivity index is 3.14. The molecule has 0 aromatic rings. The van der Waals surface area contributed by atoms with Gasteiger partial charge in [0.1, 0.15) is 11.7 Å². The van der Waals surface area contributed by atoms with Gasteiger partial charge in [0.2, 0.25) is 0 Å². The van der Waals surface area contributed by atoms with E-state index in [1.807, 2.05) is 6.07 Å². The molecule has 0 bridgehead atoms. The van der Waals surface area contributed by atoms with Gasteiger partial charge in [-0.25, -0.2) is 4.79 Å². The Morgan fingerprint density at radius 2 is 2.36 bits per heavy atom. The van der Waals surface area contributed by atoms with E-state index in [0.29, 0.717) is 0 Å². The van der Waals surface area contributed by atoms with Crippen molar-refractivity contribution in [1.82, 2.24) is 4.90 Å². The molecule has 0 radical (unpaired) electrons. The van der Waals surface area contributed by atoms with Crippen molar-refractivity contribution in [1.29, 1.82) is 5.26 Å². The van der Waals surface area contributed by atoms with Crippen LogP contribution in [0.1, 0.15) is 6.42 Å². The van der Waals surface area contributed by atoms with Crippen LogP contribution in [0.3, 0.4) is 0 Å². The Morgan fingerprint density at radius 3 is 2.79 bits per heavy atom. The van der Waals surface area contributed by atoms with Crippen molar-refractivity contribution in [2.75, 3.05) is 7.05 Å². The highest BCUT2D eigenvalue weighted by Gasteiger charge is 2.33. The molecule has 0 aromatic heterocycles. The molecule has 0 aliphatic carbocycles. The second-order valence-electron chi connectivity index (χ2n) is 2.96. The van der Waals surface area contributed by atoms with Gasteiger partial charge in [-0.15, -0.1) is 0 Å². The van der Waals surface area contributed by atoms with Crippen LogP contribution in [-0.4, -0.2) is 35.0 Å². The van der Waals surface area contributed by atoms with Crippen LogP contribution < -0.4 is 5.73 Å². The first kappa shape index (κ1) is 10.1. The minimum absolute atomic E-state index is 0.0279. The number of nitrogens with two attached hydrogens (primary N) is 1. The first-order chi connectivity index (χ1) is 6.49. The van der Waals surface area contributed by atoms with E-state index >= 15 is 0 Å². The zero-order valence-electron chi connectivity index (χ0n) is 7.52. The molecule has 1 amide bonds.